The van der Waals surface area contributed by atoms with Crippen molar-refractivity contribution in [3.05, 3.63) is 70.0 Å². The minimum absolute atomic E-state index is 0.0330. The predicted octanol–water partition coefficient (Wildman–Crippen LogP) is 4.42. The molecule has 1 aliphatic rings. The quantitative estimate of drug-likeness (QED) is 0.517. The number of halogens is 5. The van der Waals surface area contributed by atoms with Crippen molar-refractivity contribution in [2.24, 2.45) is 0 Å². The number of fused-ring (bicyclic) bond motifs is 1. The first-order chi connectivity index (χ1) is 15.6. The van der Waals surface area contributed by atoms with E-state index in [2.05, 4.69) is 10.1 Å². The van der Waals surface area contributed by atoms with Crippen LogP contribution in [0.1, 0.15) is 34.1 Å². The van der Waals surface area contributed by atoms with Crippen LogP contribution in [-0.2, 0) is 13.1 Å². The van der Waals surface area contributed by atoms with Crippen LogP contribution in [0.25, 0.3) is 5.69 Å². The zero-order valence-electron chi connectivity index (χ0n) is 16.9. The van der Waals surface area contributed by atoms with Crippen molar-refractivity contribution in [1.29, 1.82) is 5.26 Å². The first-order valence-electron chi connectivity index (χ1n) is 9.52. The van der Waals surface area contributed by atoms with E-state index >= 15 is 0 Å². The first kappa shape index (κ1) is 22.5. The van der Waals surface area contributed by atoms with Gasteiger partial charge in [0.2, 0.25) is 0 Å². The lowest BCUT2D eigenvalue weighted by Gasteiger charge is -2.23. The third-order valence-corrected chi connectivity index (χ3v) is 5.42. The Hall–Kier alpha value is -3.65. The third kappa shape index (κ3) is 4.34. The lowest BCUT2D eigenvalue weighted by Crippen LogP contribution is -2.33. The highest BCUT2D eigenvalue weighted by molar-refractivity contribution is 6.35. The Kier molecular flexibility index (Phi) is 5.71. The maximum atomic E-state index is 13.4. The number of nitriles is 1. The van der Waals surface area contributed by atoms with Gasteiger partial charge in [0.1, 0.15) is 23.2 Å². The Labute approximate surface area is 189 Å². The van der Waals surface area contributed by atoms with Gasteiger partial charge in [0.25, 0.3) is 5.91 Å². The lowest BCUT2D eigenvalue weighted by molar-refractivity contribution is -0.189. The topological polar surface area (TPSA) is 84.0 Å². The molecule has 0 saturated carbocycles. The van der Waals surface area contributed by atoms with Crippen LogP contribution in [0.15, 0.2) is 36.8 Å². The summed E-state index contributed by atoms with van der Waals surface area (Å²) in [5.41, 5.74) is 1.16. The number of aromatic nitrogens is 3. The number of rotatable bonds is 4. The first-order valence-corrected chi connectivity index (χ1v) is 9.90. The number of hydrogen-bond acceptors (Lipinski definition) is 5. The summed E-state index contributed by atoms with van der Waals surface area (Å²) in [6, 6.07) is 5.35. The second kappa shape index (κ2) is 8.37. The van der Waals surface area contributed by atoms with Gasteiger partial charge in [-0.1, -0.05) is 11.6 Å². The van der Waals surface area contributed by atoms with Gasteiger partial charge in [-0.3, -0.25) is 9.78 Å². The Balaban J connectivity index is 1.62. The Morgan fingerprint density at radius 1 is 1.30 bits per heavy atom. The van der Waals surface area contributed by atoms with Crippen LogP contribution in [-0.4, -0.2) is 37.9 Å². The summed E-state index contributed by atoms with van der Waals surface area (Å²) in [7, 11) is 0. The maximum absolute atomic E-state index is 13.4. The largest absolute Gasteiger partial charge is 0.480 e. The number of carbonyl (C=O) groups excluding carboxylic acids is 1. The highest BCUT2D eigenvalue weighted by Gasteiger charge is 2.39. The fourth-order valence-electron chi connectivity index (χ4n) is 3.31. The van der Waals surface area contributed by atoms with E-state index in [1.807, 2.05) is 0 Å². The second-order valence-electron chi connectivity index (χ2n) is 7.28. The van der Waals surface area contributed by atoms with Crippen molar-refractivity contribution >= 4 is 17.5 Å². The molecule has 0 aliphatic carbocycles. The molecule has 7 nitrogen and oxygen atoms in total. The van der Waals surface area contributed by atoms with Gasteiger partial charge in [-0.05, 0) is 19.1 Å². The molecule has 0 saturated heterocycles. The molecule has 33 heavy (non-hydrogen) atoms. The van der Waals surface area contributed by atoms with Crippen LogP contribution in [0.2, 0.25) is 5.02 Å². The molecule has 0 fully saturated rings. The van der Waals surface area contributed by atoms with E-state index < -0.39 is 24.0 Å². The van der Waals surface area contributed by atoms with Gasteiger partial charge < -0.3 is 9.64 Å². The molecule has 12 heteroatoms. The van der Waals surface area contributed by atoms with Crippen LogP contribution < -0.4 is 4.74 Å². The van der Waals surface area contributed by atoms with E-state index in [-0.39, 0.29) is 35.0 Å². The Bertz CT molecular complexity index is 1260. The van der Waals surface area contributed by atoms with Crippen LogP contribution in [0, 0.1) is 17.1 Å². The summed E-state index contributed by atoms with van der Waals surface area (Å²) in [5.74, 6) is -1.62. The molecule has 0 radical (unpaired) electrons. The molecule has 4 rings (SSSR count). The zero-order chi connectivity index (χ0) is 23.9. The van der Waals surface area contributed by atoms with E-state index in [1.165, 1.54) is 27.9 Å². The summed E-state index contributed by atoms with van der Waals surface area (Å²) in [6.07, 6.45) is -2.78. The van der Waals surface area contributed by atoms with Crippen molar-refractivity contribution in [3.8, 4) is 17.5 Å². The van der Waals surface area contributed by atoms with E-state index in [9.17, 15) is 27.6 Å². The van der Waals surface area contributed by atoms with Gasteiger partial charge >= 0.3 is 6.18 Å². The van der Waals surface area contributed by atoms with Crippen LogP contribution >= 0.6 is 11.6 Å². The molecule has 0 N–H and O–H groups in total. The number of pyridine rings is 1. The number of amides is 1. The fourth-order valence-corrected chi connectivity index (χ4v) is 3.59. The number of hydrogen-bond donors (Lipinski definition) is 0. The molecule has 0 spiro atoms. The molecular formula is C21H14ClF4N5O2. The highest BCUT2D eigenvalue weighted by atomic mass is 35.5. The second-order valence-corrected chi connectivity index (χ2v) is 7.66. The summed E-state index contributed by atoms with van der Waals surface area (Å²) >= 11 is 6.20. The molecule has 1 amide bonds. The van der Waals surface area contributed by atoms with E-state index in [1.54, 1.807) is 12.3 Å². The fraction of sp³-hybridized carbons (Fsp3) is 0.238. The number of ether oxygens (including phenoxy) is 1. The third-order valence-electron chi connectivity index (χ3n) is 5.02. The average Bonchev–Trinajstić information content (AvgIpc) is 3.32. The molecule has 1 aliphatic heterocycles. The Morgan fingerprint density at radius 3 is 2.70 bits per heavy atom. The molecule has 1 unspecified atom stereocenters. The molecule has 3 heterocycles. The Morgan fingerprint density at radius 2 is 2.06 bits per heavy atom. The molecule has 0 bridgehead atoms. The minimum atomic E-state index is -4.67. The van der Waals surface area contributed by atoms with E-state index in [4.69, 9.17) is 16.3 Å². The SMILES string of the molecule is CC(Oc1ccc(C#N)c(Cl)c1C(=O)N1Cc2cn(-c3cncc(F)c3)nc2C1)C(F)(F)F. The molecule has 170 valence electrons. The van der Waals surface area contributed by atoms with Crippen molar-refractivity contribution in [3.63, 3.8) is 0 Å². The summed E-state index contributed by atoms with van der Waals surface area (Å²) in [5, 5.41) is 13.3. The number of benzene rings is 1. The summed E-state index contributed by atoms with van der Waals surface area (Å²) < 4.78 is 58.9. The van der Waals surface area contributed by atoms with Crippen molar-refractivity contribution < 1.29 is 27.1 Å². The maximum Gasteiger partial charge on any atom is 0.425 e. The average molecular weight is 480 g/mol. The molecule has 2 aromatic heterocycles. The van der Waals surface area contributed by atoms with Gasteiger partial charge in [-0.15, -0.1) is 0 Å². The molecular weight excluding hydrogens is 466 g/mol. The monoisotopic (exact) mass is 479 g/mol. The number of carbonyl (C=O) groups is 1. The van der Waals surface area contributed by atoms with Gasteiger partial charge in [0.15, 0.2) is 6.10 Å². The highest BCUT2D eigenvalue weighted by Crippen LogP contribution is 2.35. The van der Waals surface area contributed by atoms with E-state index in [0.717, 1.165) is 19.2 Å². The van der Waals surface area contributed by atoms with Gasteiger partial charge in [0, 0.05) is 24.4 Å². The van der Waals surface area contributed by atoms with Crippen LogP contribution in [0.4, 0.5) is 17.6 Å². The predicted molar refractivity (Wildman–Crippen MR) is 107 cm³/mol. The minimum Gasteiger partial charge on any atom is -0.480 e. The molecule has 1 aromatic carbocycles. The van der Waals surface area contributed by atoms with Crippen molar-refractivity contribution in [2.45, 2.75) is 32.3 Å². The van der Waals surface area contributed by atoms with Gasteiger partial charge in [-0.2, -0.15) is 23.5 Å². The van der Waals surface area contributed by atoms with Gasteiger partial charge in [-0.25, -0.2) is 9.07 Å². The lowest BCUT2D eigenvalue weighted by atomic mass is 10.1. The van der Waals surface area contributed by atoms with Gasteiger partial charge in [0.05, 0.1) is 40.9 Å². The normalized spacial score (nSPS) is 14.0. The summed E-state index contributed by atoms with van der Waals surface area (Å²) in [6.45, 7) is 0.916. The standard InChI is InChI=1S/C21H14ClF4N5O2/c1-11(21(24,25)26)33-17-3-2-12(5-27)19(22)18(17)20(32)30-8-13-9-31(29-16(13)10-30)15-4-14(23)6-28-7-15/h2-4,6-7,9,11H,8,10H2,1H3. The summed E-state index contributed by atoms with van der Waals surface area (Å²) in [4.78, 5) is 18.3. The molecule has 3 aromatic rings. The number of alkyl halides is 3. The molecule has 1 atom stereocenters. The van der Waals surface area contributed by atoms with Crippen LogP contribution in [0.3, 0.4) is 0 Å². The number of nitrogens with zero attached hydrogens (tertiary/aromatic N) is 5. The van der Waals surface area contributed by atoms with E-state index in [0.29, 0.717) is 16.9 Å². The smallest absolute Gasteiger partial charge is 0.425 e. The van der Waals surface area contributed by atoms with Crippen molar-refractivity contribution in [1.82, 2.24) is 19.7 Å². The zero-order valence-corrected chi connectivity index (χ0v) is 17.7. The van der Waals surface area contributed by atoms with Crippen LogP contribution in [0.5, 0.6) is 5.75 Å². The van der Waals surface area contributed by atoms with Crippen molar-refractivity contribution in [2.75, 3.05) is 0 Å².